The van der Waals surface area contributed by atoms with Crippen LogP contribution in [0.15, 0.2) is 21.9 Å². The molecule has 0 unspecified atom stereocenters. The van der Waals surface area contributed by atoms with Crippen LogP contribution in [0.1, 0.15) is 16.1 Å². The molecular formula is C8H8N4O3S. The van der Waals surface area contributed by atoms with E-state index in [2.05, 4.69) is 15.5 Å². The molecule has 1 N–H and O–H groups in total. The predicted octanol–water partition coefficient (Wildman–Crippen LogP) is 0.794. The van der Waals surface area contributed by atoms with E-state index >= 15 is 0 Å². The number of carbonyl (C=O) groups is 1. The third kappa shape index (κ3) is 2.06. The van der Waals surface area contributed by atoms with Crippen molar-refractivity contribution >= 4 is 17.7 Å². The van der Waals surface area contributed by atoms with E-state index in [1.165, 1.54) is 22.7 Å². The molecule has 0 atom stereocenters. The van der Waals surface area contributed by atoms with E-state index in [1.54, 1.807) is 13.1 Å². The van der Waals surface area contributed by atoms with Gasteiger partial charge >= 0.3 is 5.97 Å². The Morgan fingerprint density at radius 3 is 3.12 bits per heavy atom. The lowest BCUT2D eigenvalue weighted by Gasteiger charge is -1.98. The average molecular weight is 240 g/mol. The second-order valence-corrected chi connectivity index (χ2v) is 3.90. The molecule has 0 aromatic carbocycles. The van der Waals surface area contributed by atoms with Gasteiger partial charge in [0.15, 0.2) is 0 Å². The van der Waals surface area contributed by atoms with Crippen LogP contribution in [0.4, 0.5) is 0 Å². The minimum atomic E-state index is -1.07. The van der Waals surface area contributed by atoms with Crippen molar-refractivity contribution in [1.82, 2.24) is 20.2 Å². The number of carboxylic acids is 1. The highest BCUT2D eigenvalue weighted by Crippen LogP contribution is 2.22. The van der Waals surface area contributed by atoms with Gasteiger partial charge in [-0.1, -0.05) is 11.8 Å². The normalized spacial score (nSPS) is 10.6. The van der Waals surface area contributed by atoms with Crippen LogP contribution in [-0.4, -0.2) is 31.3 Å². The van der Waals surface area contributed by atoms with Gasteiger partial charge in [-0.15, -0.1) is 5.10 Å². The predicted molar refractivity (Wildman–Crippen MR) is 54.0 cm³/mol. The van der Waals surface area contributed by atoms with Gasteiger partial charge in [-0.3, -0.25) is 0 Å². The quantitative estimate of drug-likeness (QED) is 0.789. The largest absolute Gasteiger partial charge is 0.475 e. The summed E-state index contributed by atoms with van der Waals surface area (Å²) in [6, 6.07) is 1.63. The second kappa shape index (κ2) is 4.35. The lowest BCUT2D eigenvalue weighted by molar-refractivity contribution is 0.0661. The molecule has 0 aliphatic carbocycles. The van der Waals surface area contributed by atoms with Crippen LogP contribution < -0.4 is 0 Å². The Bertz CT molecular complexity index is 507. The van der Waals surface area contributed by atoms with Crippen LogP contribution in [-0.2, 0) is 12.8 Å². The van der Waals surface area contributed by atoms with Crippen LogP contribution in [0.5, 0.6) is 0 Å². The summed E-state index contributed by atoms with van der Waals surface area (Å²) in [4.78, 5) is 10.8. The smallest absolute Gasteiger partial charge is 0.372 e. The van der Waals surface area contributed by atoms with E-state index in [4.69, 9.17) is 9.52 Å². The Morgan fingerprint density at radius 2 is 2.50 bits per heavy atom. The lowest BCUT2D eigenvalue weighted by Crippen LogP contribution is -1.98. The number of hydrogen-bond donors (Lipinski definition) is 1. The van der Waals surface area contributed by atoms with Crippen LogP contribution in [0, 0.1) is 0 Å². The third-order valence-electron chi connectivity index (χ3n) is 1.88. The van der Waals surface area contributed by atoms with Crippen molar-refractivity contribution < 1.29 is 14.3 Å². The maximum absolute atomic E-state index is 10.8. The van der Waals surface area contributed by atoms with Gasteiger partial charge in [-0.2, -0.15) is 0 Å². The molecule has 0 aliphatic rings. The number of rotatable bonds is 4. The molecule has 2 rings (SSSR count). The van der Waals surface area contributed by atoms with Crippen molar-refractivity contribution in [3.8, 4) is 0 Å². The summed E-state index contributed by atoms with van der Waals surface area (Å²) in [5.74, 6) is -0.661. The molecular weight excluding hydrogens is 232 g/mol. The van der Waals surface area contributed by atoms with Crippen molar-refractivity contribution in [2.75, 3.05) is 0 Å². The SMILES string of the molecule is Cn1nnnc1SCc1ccoc1C(=O)O. The molecule has 0 radical (unpaired) electrons. The van der Waals surface area contributed by atoms with E-state index in [0.29, 0.717) is 16.5 Å². The highest BCUT2D eigenvalue weighted by molar-refractivity contribution is 7.98. The summed E-state index contributed by atoms with van der Waals surface area (Å²) in [5.41, 5.74) is 0.612. The molecule has 0 spiro atoms. The molecule has 8 heteroatoms. The van der Waals surface area contributed by atoms with Crippen molar-refractivity contribution in [2.45, 2.75) is 10.9 Å². The fourth-order valence-electron chi connectivity index (χ4n) is 1.12. The Morgan fingerprint density at radius 1 is 1.69 bits per heavy atom. The Kier molecular flexibility index (Phi) is 2.91. The first-order valence-electron chi connectivity index (χ1n) is 4.33. The molecule has 0 amide bonds. The molecule has 16 heavy (non-hydrogen) atoms. The zero-order valence-electron chi connectivity index (χ0n) is 8.32. The first kappa shape index (κ1) is 10.7. The molecule has 0 saturated heterocycles. The maximum atomic E-state index is 10.8. The Hall–Kier alpha value is -1.83. The molecule has 0 saturated carbocycles. The van der Waals surface area contributed by atoms with Crippen LogP contribution >= 0.6 is 11.8 Å². The average Bonchev–Trinajstić information content (AvgIpc) is 2.83. The van der Waals surface area contributed by atoms with Crippen LogP contribution in [0.25, 0.3) is 0 Å². The minimum absolute atomic E-state index is 0.0392. The summed E-state index contributed by atoms with van der Waals surface area (Å²) >= 11 is 1.35. The minimum Gasteiger partial charge on any atom is -0.475 e. The van der Waals surface area contributed by atoms with Crippen molar-refractivity contribution in [1.29, 1.82) is 0 Å². The summed E-state index contributed by atoms with van der Waals surface area (Å²) < 4.78 is 6.37. The van der Waals surface area contributed by atoms with Gasteiger partial charge in [0, 0.05) is 18.4 Å². The van der Waals surface area contributed by atoms with Gasteiger partial charge in [0.05, 0.1) is 6.26 Å². The van der Waals surface area contributed by atoms with Crippen molar-refractivity contribution in [3.05, 3.63) is 23.7 Å². The summed E-state index contributed by atoms with van der Waals surface area (Å²) in [6.45, 7) is 0. The van der Waals surface area contributed by atoms with Gasteiger partial charge in [-0.25, -0.2) is 9.48 Å². The second-order valence-electron chi connectivity index (χ2n) is 2.95. The molecule has 0 bridgehead atoms. The number of carboxylic acid groups (broad SMARTS) is 1. The number of tetrazole rings is 1. The van der Waals surface area contributed by atoms with Gasteiger partial charge in [-0.05, 0) is 16.5 Å². The number of hydrogen-bond acceptors (Lipinski definition) is 6. The number of aromatic nitrogens is 4. The standard InChI is InChI=1S/C8H8N4O3S/c1-12-8(9-10-11-12)16-4-5-2-3-15-6(5)7(13)14/h2-3H,4H2,1H3,(H,13,14). The number of aromatic carboxylic acids is 1. The number of aryl methyl sites for hydroxylation is 1. The fourth-order valence-corrected chi connectivity index (χ4v) is 1.95. The van der Waals surface area contributed by atoms with E-state index < -0.39 is 5.97 Å². The van der Waals surface area contributed by atoms with Crippen LogP contribution in [0.2, 0.25) is 0 Å². The van der Waals surface area contributed by atoms with E-state index in [1.807, 2.05) is 0 Å². The molecule has 0 aliphatic heterocycles. The first-order valence-corrected chi connectivity index (χ1v) is 5.32. The van der Waals surface area contributed by atoms with Gasteiger partial charge in [0.25, 0.3) is 0 Å². The molecule has 0 fully saturated rings. The van der Waals surface area contributed by atoms with Gasteiger partial charge < -0.3 is 9.52 Å². The Balaban J connectivity index is 2.08. The molecule has 2 aromatic heterocycles. The number of thioether (sulfide) groups is 1. The Labute approximate surface area is 94.4 Å². The molecule has 84 valence electrons. The summed E-state index contributed by atoms with van der Waals surface area (Å²) in [7, 11) is 1.72. The summed E-state index contributed by atoms with van der Waals surface area (Å²) in [5, 5.41) is 20.4. The maximum Gasteiger partial charge on any atom is 0.372 e. The van der Waals surface area contributed by atoms with E-state index in [-0.39, 0.29) is 5.76 Å². The van der Waals surface area contributed by atoms with E-state index in [0.717, 1.165) is 0 Å². The summed E-state index contributed by atoms with van der Waals surface area (Å²) in [6.07, 6.45) is 1.36. The highest BCUT2D eigenvalue weighted by Gasteiger charge is 2.14. The molecule has 2 heterocycles. The number of nitrogens with zero attached hydrogens (tertiary/aromatic N) is 4. The zero-order chi connectivity index (χ0) is 11.5. The van der Waals surface area contributed by atoms with Crippen molar-refractivity contribution in [3.63, 3.8) is 0 Å². The fraction of sp³-hybridized carbons (Fsp3) is 0.250. The zero-order valence-corrected chi connectivity index (χ0v) is 9.14. The third-order valence-corrected chi connectivity index (χ3v) is 2.94. The van der Waals surface area contributed by atoms with Crippen LogP contribution in [0.3, 0.4) is 0 Å². The van der Waals surface area contributed by atoms with E-state index in [9.17, 15) is 4.79 Å². The topological polar surface area (TPSA) is 94.0 Å². The lowest BCUT2D eigenvalue weighted by atomic mass is 10.3. The van der Waals surface area contributed by atoms with Gasteiger partial charge in [0.2, 0.25) is 10.9 Å². The number of furan rings is 1. The molecule has 7 nitrogen and oxygen atoms in total. The molecule has 2 aromatic rings. The first-order chi connectivity index (χ1) is 7.68. The van der Waals surface area contributed by atoms with Gasteiger partial charge in [0.1, 0.15) is 0 Å². The highest BCUT2D eigenvalue weighted by atomic mass is 32.2. The van der Waals surface area contributed by atoms with Crippen molar-refractivity contribution in [2.24, 2.45) is 7.05 Å². The monoisotopic (exact) mass is 240 g/mol.